The standard InChI is InChI=1S/C4H9NO3S/c6-9(7,8)4-2-1-3-5-4/h4-5H,1-3H2,(H,6,7,8)/t4-/m1/s1. The summed E-state index contributed by atoms with van der Waals surface area (Å²) in [5, 5.41) is 1.95. The maximum Gasteiger partial charge on any atom is 0.281 e. The Kier molecular flexibility index (Phi) is 1.74. The molecule has 9 heavy (non-hydrogen) atoms. The van der Waals surface area contributed by atoms with Crippen molar-refractivity contribution in [3.05, 3.63) is 0 Å². The SMILES string of the molecule is O=S(=O)(O)[C@@H]1CCCN1. The summed E-state index contributed by atoms with van der Waals surface area (Å²) in [7, 11) is -3.81. The van der Waals surface area contributed by atoms with E-state index >= 15 is 0 Å². The minimum atomic E-state index is -3.81. The molecule has 0 aromatic carbocycles. The summed E-state index contributed by atoms with van der Waals surface area (Å²) in [5.41, 5.74) is 0. The molecule has 54 valence electrons. The molecule has 4 nitrogen and oxygen atoms in total. The lowest BCUT2D eigenvalue weighted by atomic mass is 10.4. The van der Waals surface area contributed by atoms with Crippen LogP contribution >= 0.6 is 0 Å². The normalized spacial score (nSPS) is 28.8. The molecule has 0 aromatic heterocycles. The van der Waals surface area contributed by atoms with Crippen molar-refractivity contribution < 1.29 is 13.0 Å². The second-order valence-corrected chi connectivity index (χ2v) is 3.70. The van der Waals surface area contributed by atoms with E-state index in [1.54, 1.807) is 0 Å². The van der Waals surface area contributed by atoms with Crippen molar-refractivity contribution in [3.8, 4) is 0 Å². The van der Waals surface area contributed by atoms with E-state index in [-0.39, 0.29) is 0 Å². The van der Waals surface area contributed by atoms with Crippen LogP contribution < -0.4 is 5.32 Å². The van der Waals surface area contributed by atoms with Gasteiger partial charge < -0.3 is 0 Å². The lowest BCUT2D eigenvalue weighted by Crippen LogP contribution is -2.29. The Labute approximate surface area is 54.0 Å². The predicted octanol–water partition coefficient (Wildman–Crippen LogP) is -0.416. The number of rotatable bonds is 1. The molecule has 1 aliphatic heterocycles. The first-order valence-electron chi connectivity index (χ1n) is 2.80. The summed E-state index contributed by atoms with van der Waals surface area (Å²) in [6.07, 6.45) is 1.35. The zero-order valence-electron chi connectivity index (χ0n) is 4.87. The zero-order valence-corrected chi connectivity index (χ0v) is 5.69. The summed E-state index contributed by atoms with van der Waals surface area (Å²) in [4.78, 5) is 0. The quantitative estimate of drug-likeness (QED) is 0.500. The van der Waals surface area contributed by atoms with Crippen molar-refractivity contribution in [2.45, 2.75) is 18.2 Å². The highest BCUT2D eigenvalue weighted by molar-refractivity contribution is 7.86. The molecule has 0 radical (unpaired) electrons. The van der Waals surface area contributed by atoms with E-state index in [9.17, 15) is 8.42 Å². The summed E-state index contributed by atoms with van der Waals surface area (Å²) in [6.45, 7) is 0.685. The second-order valence-electron chi connectivity index (χ2n) is 2.10. The van der Waals surface area contributed by atoms with Crippen LogP contribution in [0.3, 0.4) is 0 Å². The minimum absolute atomic E-state index is 0.527. The van der Waals surface area contributed by atoms with Gasteiger partial charge in [-0.1, -0.05) is 0 Å². The van der Waals surface area contributed by atoms with E-state index in [1.165, 1.54) is 0 Å². The van der Waals surface area contributed by atoms with E-state index in [4.69, 9.17) is 4.55 Å². The van der Waals surface area contributed by atoms with Crippen LogP contribution in [-0.4, -0.2) is 24.9 Å². The Morgan fingerprint density at radius 1 is 1.56 bits per heavy atom. The minimum Gasteiger partial charge on any atom is -0.299 e. The van der Waals surface area contributed by atoms with Crippen LogP contribution in [0, 0.1) is 0 Å². The Hall–Kier alpha value is -0.130. The molecule has 1 rings (SSSR count). The molecule has 1 fully saturated rings. The van der Waals surface area contributed by atoms with E-state index < -0.39 is 15.5 Å². The summed E-state index contributed by atoms with van der Waals surface area (Å²) in [6, 6.07) is 0. The molecule has 0 aromatic rings. The number of hydrogen-bond donors (Lipinski definition) is 2. The van der Waals surface area contributed by atoms with Gasteiger partial charge in [-0.05, 0) is 19.4 Å². The molecule has 0 unspecified atom stereocenters. The third-order valence-electron chi connectivity index (χ3n) is 1.37. The van der Waals surface area contributed by atoms with Crippen molar-refractivity contribution in [3.63, 3.8) is 0 Å². The highest BCUT2D eigenvalue weighted by Gasteiger charge is 2.25. The molecular weight excluding hydrogens is 142 g/mol. The van der Waals surface area contributed by atoms with Crippen molar-refractivity contribution in [1.29, 1.82) is 0 Å². The van der Waals surface area contributed by atoms with Gasteiger partial charge in [0, 0.05) is 0 Å². The molecule has 0 amide bonds. The molecule has 0 spiro atoms. The third kappa shape index (κ3) is 1.64. The zero-order chi connectivity index (χ0) is 6.91. The van der Waals surface area contributed by atoms with Gasteiger partial charge in [0.15, 0.2) is 0 Å². The van der Waals surface area contributed by atoms with Crippen molar-refractivity contribution in [1.82, 2.24) is 5.32 Å². The maximum absolute atomic E-state index is 10.3. The van der Waals surface area contributed by atoms with Crippen molar-refractivity contribution in [2.24, 2.45) is 0 Å². The van der Waals surface area contributed by atoms with Crippen LogP contribution in [0.5, 0.6) is 0 Å². The molecular formula is C4H9NO3S. The van der Waals surface area contributed by atoms with Crippen molar-refractivity contribution in [2.75, 3.05) is 6.54 Å². The monoisotopic (exact) mass is 151 g/mol. The Morgan fingerprint density at radius 3 is 2.44 bits per heavy atom. The van der Waals surface area contributed by atoms with Gasteiger partial charge in [-0.15, -0.1) is 0 Å². The fourth-order valence-electron chi connectivity index (χ4n) is 0.907. The van der Waals surface area contributed by atoms with Crippen LogP contribution in [0.15, 0.2) is 0 Å². The molecule has 0 bridgehead atoms. The summed E-state index contributed by atoms with van der Waals surface area (Å²) >= 11 is 0. The molecule has 1 saturated heterocycles. The first-order valence-corrected chi connectivity index (χ1v) is 4.31. The van der Waals surface area contributed by atoms with E-state index in [2.05, 4.69) is 5.32 Å². The van der Waals surface area contributed by atoms with Gasteiger partial charge in [0.05, 0.1) is 0 Å². The first kappa shape index (κ1) is 6.98. The van der Waals surface area contributed by atoms with E-state index in [0.29, 0.717) is 13.0 Å². The van der Waals surface area contributed by atoms with Gasteiger partial charge in [0.2, 0.25) is 0 Å². The van der Waals surface area contributed by atoms with Gasteiger partial charge in [0.1, 0.15) is 5.37 Å². The molecule has 0 aliphatic carbocycles. The van der Waals surface area contributed by atoms with Gasteiger partial charge in [-0.2, -0.15) is 8.42 Å². The smallest absolute Gasteiger partial charge is 0.281 e. The van der Waals surface area contributed by atoms with Crippen LogP contribution in [0.1, 0.15) is 12.8 Å². The second kappa shape index (κ2) is 2.24. The molecule has 5 heteroatoms. The van der Waals surface area contributed by atoms with Gasteiger partial charge in [-0.3, -0.25) is 9.87 Å². The van der Waals surface area contributed by atoms with Gasteiger partial charge >= 0.3 is 0 Å². The maximum atomic E-state index is 10.3. The fraction of sp³-hybridized carbons (Fsp3) is 1.00. The van der Waals surface area contributed by atoms with Crippen LogP contribution in [0.4, 0.5) is 0 Å². The number of hydrogen-bond acceptors (Lipinski definition) is 3. The highest BCUT2D eigenvalue weighted by atomic mass is 32.2. The first-order chi connectivity index (χ1) is 4.11. The highest BCUT2D eigenvalue weighted by Crippen LogP contribution is 2.09. The Morgan fingerprint density at radius 2 is 2.22 bits per heavy atom. The van der Waals surface area contributed by atoms with Crippen LogP contribution in [0.2, 0.25) is 0 Å². The van der Waals surface area contributed by atoms with E-state index in [0.717, 1.165) is 6.42 Å². The van der Waals surface area contributed by atoms with Crippen molar-refractivity contribution >= 4 is 10.1 Å². The largest absolute Gasteiger partial charge is 0.299 e. The van der Waals surface area contributed by atoms with Gasteiger partial charge in [-0.25, -0.2) is 0 Å². The molecule has 0 saturated carbocycles. The van der Waals surface area contributed by atoms with Crippen LogP contribution in [-0.2, 0) is 10.1 Å². The van der Waals surface area contributed by atoms with Gasteiger partial charge in [0.25, 0.3) is 10.1 Å². The van der Waals surface area contributed by atoms with E-state index in [1.807, 2.05) is 0 Å². The number of nitrogens with one attached hydrogen (secondary N) is 1. The molecule has 1 aliphatic rings. The Balaban J connectivity index is 2.63. The summed E-state index contributed by atoms with van der Waals surface area (Å²) < 4.78 is 29.1. The molecule has 2 N–H and O–H groups in total. The average Bonchev–Trinajstić information content (AvgIpc) is 2.08. The van der Waals surface area contributed by atoms with Crippen LogP contribution in [0.25, 0.3) is 0 Å². The molecule has 1 atom stereocenters. The Bertz CT molecular complexity index is 180. The predicted molar refractivity (Wildman–Crippen MR) is 32.6 cm³/mol. The lowest BCUT2D eigenvalue weighted by Gasteiger charge is -2.03. The fourth-order valence-corrected chi connectivity index (χ4v) is 1.70. The lowest BCUT2D eigenvalue weighted by molar-refractivity contribution is 0.461. The third-order valence-corrected chi connectivity index (χ3v) is 2.50. The molecule has 1 heterocycles. The summed E-state index contributed by atoms with van der Waals surface area (Å²) in [5.74, 6) is 0. The topological polar surface area (TPSA) is 66.4 Å². The average molecular weight is 151 g/mol.